The Morgan fingerprint density at radius 1 is 1.08 bits per heavy atom. The van der Waals surface area contributed by atoms with E-state index in [9.17, 15) is 24.9 Å². The largest absolute Gasteiger partial charge is 0.463 e. The molecule has 0 bridgehead atoms. The first-order valence-electron chi connectivity index (χ1n) is 7.59. The first kappa shape index (κ1) is 20.5. The van der Waals surface area contributed by atoms with Gasteiger partial charge in [-0.1, -0.05) is 6.58 Å². The third-order valence-electron chi connectivity index (χ3n) is 3.54. The van der Waals surface area contributed by atoms with E-state index in [1.54, 1.807) is 0 Å². The van der Waals surface area contributed by atoms with Crippen LogP contribution in [0.5, 0.6) is 0 Å². The van der Waals surface area contributed by atoms with Gasteiger partial charge in [-0.15, -0.1) is 0 Å². The van der Waals surface area contributed by atoms with Gasteiger partial charge in [-0.3, -0.25) is 9.59 Å². The van der Waals surface area contributed by atoms with E-state index in [-0.39, 0.29) is 19.4 Å². The Balaban J connectivity index is 2.28. The molecule has 1 saturated heterocycles. The maximum absolute atomic E-state index is 11.6. The maximum Gasteiger partial charge on any atom is 0.310 e. The number of esters is 2. The summed E-state index contributed by atoms with van der Waals surface area (Å²) in [6, 6.07) is 0. The van der Waals surface area contributed by atoms with E-state index in [1.807, 2.05) is 0 Å². The molecular formula is C15H24O9. The van der Waals surface area contributed by atoms with Crippen molar-refractivity contribution in [2.45, 2.75) is 56.4 Å². The highest BCUT2D eigenvalue weighted by Crippen LogP contribution is 2.22. The minimum atomic E-state index is -1.47. The molecule has 1 aliphatic rings. The van der Waals surface area contributed by atoms with Crippen LogP contribution in [0.2, 0.25) is 0 Å². The lowest BCUT2D eigenvalue weighted by Gasteiger charge is -2.39. The first-order valence-corrected chi connectivity index (χ1v) is 7.59. The zero-order valence-electron chi connectivity index (χ0n) is 13.5. The summed E-state index contributed by atoms with van der Waals surface area (Å²) in [5, 5.41) is 29.1. The van der Waals surface area contributed by atoms with Gasteiger partial charge in [-0.25, -0.2) is 0 Å². The molecule has 9 nitrogen and oxygen atoms in total. The fraction of sp³-hybridized carbons (Fsp3) is 0.733. The standard InChI is InChI=1S/C15H24O9/c1-3-22-10(16)6-4-5-7-11(17)23-8-9-12(18)13(19)14(20)15(21-2)24-9/h3,9,12-15,18-20H,1,4-8H2,2H3/t9-,12+,13+,14-,15+/m1/s1. The summed E-state index contributed by atoms with van der Waals surface area (Å²) in [4.78, 5) is 22.7. The summed E-state index contributed by atoms with van der Waals surface area (Å²) in [7, 11) is 1.28. The van der Waals surface area contributed by atoms with Crippen molar-refractivity contribution in [3.63, 3.8) is 0 Å². The van der Waals surface area contributed by atoms with Gasteiger partial charge in [0.05, 0.1) is 6.26 Å². The lowest BCUT2D eigenvalue weighted by Crippen LogP contribution is -2.59. The zero-order valence-corrected chi connectivity index (χ0v) is 13.5. The monoisotopic (exact) mass is 348 g/mol. The Bertz CT molecular complexity index is 423. The number of unbranched alkanes of at least 4 members (excludes halogenated alkanes) is 1. The van der Waals surface area contributed by atoms with Gasteiger partial charge in [0.15, 0.2) is 6.29 Å². The van der Waals surface area contributed by atoms with Crippen molar-refractivity contribution >= 4 is 11.9 Å². The molecule has 0 unspecified atom stereocenters. The lowest BCUT2D eigenvalue weighted by molar-refractivity contribution is -0.295. The third kappa shape index (κ3) is 6.17. The Morgan fingerprint density at radius 2 is 1.71 bits per heavy atom. The van der Waals surface area contributed by atoms with Crippen LogP contribution in [0.25, 0.3) is 0 Å². The Hall–Kier alpha value is -1.52. The van der Waals surface area contributed by atoms with Crippen molar-refractivity contribution in [1.29, 1.82) is 0 Å². The number of rotatable bonds is 9. The molecule has 24 heavy (non-hydrogen) atoms. The normalized spacial score (nSPS) is 29.8. The lowest BCUT2D eigenvalue weighted by atomic mass is 9.99. The molecule has 0 aromatic rings. The van der Waals surface area contributed by atoms with Crippen LogP contribution in [0.1, 0.15) is 25.7 Å². The Kier molecular flexibility index (Phi) is 8.87. The van der Waals surface area contributed by atoms with Crippen LogP contribution in [-0.2, 0) is 28.5 Å². The van der Waals surface area contributed by atoms with Crippen LogP contribution < -0.4 is 0 Å². The Labute approximate surface area is 139 Å². The van der Waals surface area contributed by atoms with Crippen molar-refractivity contribution in [3.05, 3.63) is 12.8 Å². The van der Waals surface area contributed by atoms with E-state index in [1.165, 1.54) is 7.11 Å². The predicted octanol–water partition coefficient (Wildman–Crippen LogP) is -0.769. The SMILES string of the molecule is C=COC(=O)CCCCC(=O)OC[C@H]1O[C@H](OC)[C@H](O)[C@@H](O)[C@H]1O. The van der Waals surface area contributed by atoms with Gasteiger partial charge in [0.2, 0.25) is 0 Å². The van der Waals surface area contributed by atoms with Crippen LogP contribution in [0.3, 0.4) is 0 Å². The van der Waals surface area contributed by atoms with Gasteiger partial charge in [0.1, 0.15) is 31.0 Å². The molecule has 9 heteroatoms. The maximum atomic E-state index is 11.6. The molecular weight excluding hydrogens is 324 g/mol. The molecule has 138 valence electrons. The molecule has 0 radical (unpaired) electrons. The summed E-state index contributed by atoms with van der Waals surface area (Å²) in [5.41, 5.74) is 0. The van der Waals surface area contributed by atoms with Gasteiger partial charge in [-0.05, 0) is 12.8 Å². The highest BCUT2D eigenvalue weighted by molar-refractivity contribution is 5.70. The van der Waals surface area contributed by atoms with Crippen molar-refractivity contribution in [3.8, 4) is 0 Å². The molecule has 1 fully saturated rings. The van der Waals surface area contributed by atoms with Gasteiger partial charge < -0.3 is 34.3 Å². The van der Waals surface area contributed by atoms with Gasteiger partial charge in [0, 0.05) is 20.0 Å². The zero-order chi connectivity index (χ0) is 18.1. The van der Waals surface area contributed by atoms with Crippen molar-refractivity contribution in [2.75, 3.05) is 13.7 Å². The number of aliphatic hydroxyl groups excluding tert-OH is 3. The Morgan fingerprint density at radius 3 is 2.29 bits per heavy atom. The highest BCUT2D eigenvalue weighted by Gasteiger charge is 2.44. The molecule has 0 aliphatic carbocycles. The average molecular weight is 348 g/mol. The smallest absolute Gasteiger partial charge is 0.310 e. The van der Waals surface area contributed by atoms with Crippen molar-refractivity contribution in [1.82, 2.24) is 0 Å². The van der Waals surface area contributed by atoms with E-state index in [2.05, 4.69) is 11.3 Å². The summed E-state index contributed by atoms with van der Waals surface area (Å²) in [5.74, 6) is -0.951. The predicted molar refractivity (Wildman–Crippen MR) is 79.4 cm³/mol. The quantitative estimate of drug-likeness (QED) is 0.279. The molecule has 1 aliphatic heterocycles. The molecule has 0 aromatic heterocycles. The first-order chi connectivity index (χ1) is 11.4. The fourth-order valence-corrected chi connectivity index (χ4v) is 2.19. The number of carbonyl (C=O) groups excluding carboxylic acids is 2. The molecule has 1 heterocycles. The van der Waals surface area contributed by atoms with Crippen LogP contribution in [0.15, 0.2) is 12.8 Å². The van der Waals surface area contributed by atoms with Crippen molar-refractivity contribution in [2.24, 2.45) is 0 Å². The van der Waals surface area contributed by atoms with E-state index in [0.29, 0.717) is 12.8 Å². The number of aliphatic hydroxyl groups is 3. The van der Waals surface area contributed by atoms with E-state index in [0.717, 1.165) is 6.26 Å². The fourth-order valence-electron chi connectivity index (χ4n) is 2.19. The second-order valence-electron chi connectivity index (χ2n) is 5.30. The molecule has 3 N–H and O–H groups in total. The summed E-state index contributed by atoms with van der Waals surface area (Å²) in [6.07, 6.45) is -4.22. The highest BCUT2D eigenvalue weighted by atomic mass is 16.7. The number of carbonyl (C=O) groups is 2. The molecule has 1 rings (SSSR count). The molecule has 5 atom stereocenters. The molecule has 0 spiro atoms. The minimum Gasteiger partial charge on any atom is -0.463 e. The topological polar surface area (TPSA) is 132 Å². The average Bonchev–Trinajstić information content (AvgIpc) is 2.56. The van der Waals surface area contributed by atoms with Gasteiger partial charge >= 0.3 is 11.9 Å². The van der Waals surface area contributed by atoms with Crippen molar-refractivity contribution < 1.29 is 43.9 Å². The second kappa shape index (κ2) is 10.4. The second-order valence-corrected chi connectivity index (χ2v) is 5.30. The summed E-state index contributed by atoms with van der Waals surface area (Å²) < 4.78 is 19.6. The number of ether oxygens (including phenoxy) is 4. The number of hydrogen-bond donors (Lipinski definition) is 3. The van der Waals surface area contributed by atoms with E-state index in [4.69, 9.17) is 14.2 Å². The minimum absolute atomic E-state index is 0.0864. The van der Waals surface area contributed by atoms with E-state index >= 15 is 0 Å². The van der Waals surface area contributed by atoms with Crippen LogP contribution in [-0.4, -0.2) is 71.7 Å². The van der Waals surface area contributed by atoms with E-state index < -0.39 is 42.6 Å². The summed E-state index contributed by atoms with van der Waals surface area (Å²) in [6.45, 7) is 2.97. The third-order valence-corrected chi connectivity index (χ3v) is 3.54. The van der Waals surface area contributed by atoms with Crippen LogP contribution in [0, 0.1) is 0 Å². The molecule has 0 amide bonds. The molecule has 0 saturated carbocycles. The summed E-state index contributed by atoms with van der Waals surface area (Å²) >= 11 is 0. The molecule has 0 aromatic carbocycles. The van der Waals surface area contributed by atoms with Gasteiger partial charge in [0.25, 0.3) is 0 Å². The van der Waals surface area contributed by atoms with Crippen LogP contribution >= 0.6 is 0 Å². The van der Waals surface area contributed by atoms with Gasteiger partial charge in [-0.2, -0.15) is 0 Å². The number of methoxy groups -OCH3 is 1. The van der Waals surface area contributed by atoms with Crippen LogP contribution in [0.4, 0.5) is 0 Å². The number of hydrogen-bond acceptors (Lipinski definition) is 9.